The van der Waals surface area contributed by atoms with Crippen LogP contribution in [0.5, 0.6) is 0 Å². The highest BCUT2D eigenvalue weighted by Crippen LogP contribution is 2.33. The molecule has 3 aliphatic rings. The van der Waals surface area contributed by atoms with Crippen LogP contribution in [0.1, 0.15) is 58.6 Å². The molecule has 1 aromatic heterocycles. The largest absolute Gasteiger partial charge is 0.379 e. The van der Waals surface area contributed by atoms with Gasteiger partial charge in [-0.15, -0.1) is 11.3 Å². The van der Waals surface area contributed by atoms with E-state index in [2.05, 4.69) is 16.3 Å². The van der Waals surface area contributed by atoms with Gasteiger partial charge in [0.2, 0.25) is 5.91 Å². The third-order valence-electron chi connectivity index (χ3n) is 6.61. The van der Waals surface area contributed by atoms with Crippen LogP contribution in [0, 0.1) is 5.92 Å². The summed E-state index contributed by atoms with van der Waals surface area (Å²) in [5.41, 5.74) is 1.22. The van der Waals surface area contributed by atoms with Crippen LogP contribution >= 0.6 is 11.3 Å². The van der Waals surface area contributed by atoms with Gasteiger partial charge in [-0.25, -0.2) is 0 Å². The molecule has 0 saturated carbocycles. The van der Waals surface area contributed by atoms with Gasteiger partial charge in [0.05, 0.1) is 18.1 Å². The van der Waals surface area contributed by atoms with Gasteiger partial charge >= 0.3 is 0 Å². The second-order valence-corrected chi connectivity index (χ2v) is 9.94. The summed E-state index contributed by atoms with van der Waals surface area (Å²) in [5.74, 6) is 0.409. The third-order valence-corrected chi connectivity index (χ3v) is 7.84. The number of hydrogen-bond donors (Lipinski definition) is 1. The Balaban J connectivity index is 1.24. The van der Waals surface area contributed by atoms with Crippen LogP contribution in [-0.2, 0) is 22.4 Å². The summed E-state index contributed by atoms with van der Waals surface area (Å²) in [4.78, 5) is 32.2. The maximum atomic E-state index is 12.9. The molecule has 2 saturated heterocycles. The van der Waals surface area contributed by atoms with E-state index < -0.39 is 0 Å². The summed E-state index contributed by atoms with van der Waals surface area (Å²) in [6.45, 7) is 7.16. The first-order chi connectivity index (χ1) is 14.7. The fraction of sp³-hybridized carbons (Fsp3) is 0.739. The number of fused-ring (bicyclic) bond motifs is 1. The smallest absolute Gasteiger partial charge is 0.263 e. The highest BCUT2D eigenvalue weighted by molar-refractivity contribution is 7.14. The Morgan fingerprint density at radius 2 is 1.87 bits per heavy atom. The fourth-order valence-electron chi connectivity index (χ4n) is 4.77. The van der Waals surface area contributed by atoms with Crippen molar-refractivity contribution in [1.29, 1.82) is 0 Å². The number of nitrogens with one attached hydrogen (secondary N) is 1. The van der Waals surface area contributed by atoms with Gasteiger partial charge in [-0.1, -0.05) is 12.8 Å². The van der Waals surface area contributed by atoms with Crippen molar-refractivity contribution in [1.82, 2.24) is 15.1 Å². The molecular weight excluding hydrogens is 398 g/mol. The normalized spacial score (nSPS) is 22.9. The van der Waals surface area contributed by atoms with Gasteiger partial charge < -0.3 is 15.0 Å². The second kappa shape index (κ2) is 10.7. The minimum Gasteiger partial charge on any atom is -0.379 e. The number of aryl methyl sites for hydroxylation is 1. The lowest BCUT2D eigenvalue weighted by atomic mass is 9.87. The first kappa shape index (κ1) is 21.8. The van der Waals surface area contributed by atoms with Crippen molar-refractivity contribution >= 4 is 23.2 Å². The molecule has 4 rings (SSSR count). The first-order valence-electron chi connectivity index (χ1n) is 11.7. The second-order valence-electron chi connectivity index (χ2n) is 8.80. The lowest BCUT2D eigenvalue weighted by Gasteiger charge is -2.26. The molecule has 30 heavy (non-hydrogen) atoms. The van der Waals surface area contributed by atoms with Crippen LogP contribution in [-0.4, -0.2) is 74.1 Å². The Morgan fingerprint density at radius 3 is 2.63 bits per heavy atom. The molecule has 2 aliphatic heterocycles. The van der Waals surface area contributed by atoms with E-state index in [1.807, 2.05) is 4.90 Å². The monoisotopic (exact) mass is 433 g/mol. The molecular formula is C23H35N3O3S. The maximum absolute atomic E-state index is 12.9. The molecule has 1 aromatic rings. The predicted molar refractivity (Wildman–Crippen MR) is 119 cm³/mol. The molecule has 166 valence electrons. The zero-order valence-electron chi connectivity index (χ0n) is 18.0. The van der Waals surface area contributed by atoms with E-state index in [1.165, 1.54) is 23.3 Å². The van der Waals surface area contributed by atoms with Gasteiger partial charge in [0, 0.05) is 43.5 Å². The summed E-state index contributed by atoms with van der Waals surface area (Å²) in [5, 5.41) is 3.14. The molecule has 1 aliphatic carbocycles. The number of likely N-dealkylation sites (tertiary alicyclic amines) is 1. The zero-order valence-corrected chi connectivity index (χ0v) is 18.8. The first-order valence-corrected chi connectivity index (χ1v) is 12.5. The Morgan fingerprint density at radius 1 is 1.10 bits per heavy atom. The number of carbonyl (C=O) groups excluding carboxylic acids is 2. The zero-order chi connectivity index (χ0) is 20.8. The van der Waals surface area contributed by atoms with E-state index in [1.54, 1.807) is 11.3 Å². The highest BCUT2D eigenvalue weighted by Gasteiger charge is 2.28. The topological polar surface area (TPSA) is 61.9 Å². The Bertz CT molecular complexity index is 721. The number of hydrogen-bond acceptors (Lipinski definition) is 5. The van der Waals surface area contributed by atoms with Crippen molar-refractivity contribution in [2.45, 2.75) is 51.4 Å². The predicted octanol–water partition coefficient (Wildman–Crippen LogP) is 2.71. The molecule has 2 amide bonds. The molecule has 0 unspecified atom stereocenters. The molecule has 7 heteroatoms. The fourth-order valence-corrected chi connectivity index (χ4v) is 5.94. The number of thiophene rings is 1. The van der Waals surface area contributed by atoms with E-state index in [0.29, 0.717) is 0 Å². The molecule has 1 atom stereocenters. The van der Waals surface area contributed by atoms with Gasteiger partial charge in [0.15, 0.2) is 0 Å². The van der Waals surface area contributed by atoms with Gasteiger partial charge in [0.1, 0.15) is 0 Å². The van der Waals surface area contributed by atoms with Crippen LogP contribution in [0.3, 0.4) is 0 Å². The van der Waals surface area contributed by atoms with Gasteiger partial charge in [-0.2, -0.15) is 0 Å². The van der Waals surface area contributed by atoms with Crippen LogP contribution in [0.25, 0.3) is 0 Å². The quantitative estimate of drug-likeness (QED) is 0.701. The van der Waals surface area contributed by atoms with Crippen molar-refractivity contribution in [3.63, 3.8) is 0 Å². The summed E-state index contributed by atoms with van der Waals surface area (Å²) >= 11 is 1.66. The average Bonchev–Trinajstić information content (AvgIpc) is 3.01. The van der Waals surface area contributed by atoms with Crippen molar-refractivity contribution in [2.24, 2.45) is 5.92 Å². The van der Waals surface area contributed by atoms with E-state index in [0.717, 1.165) is 95.9 Å². The minimum atomic E-state index is 0.0385. The molecule has 0 spiro atoms. The summed E-state index contributed by atoms with van der Waals surface area (Å²) in [6.07, 6.45) is 8.25. The number of morpholine rings is 1. The van der Waals surface area contributed by atoms with Crippen LogP contribution in [0.15, 0.2) is 6.07 Å². The maximum Gasteiger partial charge on any atom is 0.263 e. The van der Waals surface area contributed by atoms with Crippen LogP contribution in [0.2, 0.25) is 0 Å². The molecule has 6 nitrogen and oxygen atoms in total. The number of ether oxygens (including phenoxy) is 1. The van der Waals surface area contributed by atoms with Crippen molar-refractivity contribution in [2.75, 3.05) is 52.5 Å². The van der Waals surface area contributed by atoms with Crippen molar-refractivity contribution < 1.29 is 14.3 Å². The highest BCUT2D eigenvalue weighted by atomic mass is 32.1. The lowest BCUT2D eigenvalue weighted by molar-refractivity contribution is -0.125. The Kier molecular flexibility index (Phi) is 7.79. The lowest BCUT2D eigenvalue weighted by Crippen LogP contribution is -2.39. The molecule has 0 aromatic carbocycles. The van der Waals surface area contributed by atoms with Gasteiger partial charge in [-0.05, 0) is 56.7 Å². The van der Waals surface area contributed by atoms with Crippen LogP contribution < -0.4 is 5.32 Å². The molecule has 3 heterocycles. The SMILES string of the molecule is O=C(NCCCN1CCOCC1)[C@@H]1CCc2sc(C(=O)N3CCCCCC3)cc2C1. The molecule has 2 fully saturated rings. The number of nitrogens with zero attached hydrogens (tertiary/aromatic N) is 2. The molecule has 1 N–H and O–H groups in total. The number of carbonyl (C=O) groups is 2. The standard InChI is InChI=1S/C23H35N3O3S/c27-22(24-8-5-9-25-12-14-29-15-13-25)18-6-7-20-19(16-18)17-21(30-20)23(28)26-10-3-1-2-4-11-26/h17-18H,1-16H2,(H,24,27)/t18-/m1/s1. The van der Waals surface area contributed by atoms with Crippen LogP contribution in [0.4, 0.5) is 0 Å². The number of amides is 2. The van der Waals surface area contributed by atoms with Crippen molar-refractivity contribution in [3.05, 3.63) is 21.4 Å². The third kappa shape index (κ3) is 5.62. The summed E-state index contributed by atoms with van der Waals surface area (Å²) in [7, 11) is 0. The van der Waals surface area contributed by atoms with Crippen molar-refractivity contribution in [3.8, 4) is 0 Å². The summed E-state index contributed by atoms with van der Waals surface area (Å²) in [6, 6.07) is 2.07. The van der Waals surface area contributed by atoms with E-state index in [4.69, 9.17) is 4.74 Å². The van der Waals surface area contributed by atoms with E-state index in [9.17, 15) is 9.59 Å². The van der Waals surface area contributed by atoms with Gasteiger partial charge in [0.25, 0.3) is 5.91 Å². The van der Waals surface area contributed by atoms with E-state index >= 15 is 0 Å². The average molecular weight is 434 g/mol. The number of rotatable bonds is 6. The Labute approximate surface area is 183 Å². The Hall–Kier alpha value is -1.44. The minimum absolute atomic E-state index is 0.0385. The van der Waals surface area contributed by atoms with Gasteiger partial charge in [-0.3, -0.25) is 14.5 Å². The van der Waals surface area contributed by atoms with E-state index in [-0.39, 0.29) is 17.7 Å². The molecule has 0 radical (unpaired) electrons. The molecule has 0 bridgehead atoms. The summed E-state index contributed by atoms with van der Waals surface area (Å²) < 4.78 is 5.37.